The maximum Gasteiger partial charge on any atom is 0.358 e. The number of hydrogen-bond donors (Lipinski definition) is 0. The number of fused-ring (bicyclic) bond motifs is 1. The highest BCUT2D eigenvalue weighted by molar-refractivity contribution is 5.88. The van der Waals surface area contributed by atoms with Crippen LogP contribution in [0, 0.1) is 17.1 Å². The number of imidazole rings is 1. The van der Waals surface area contributed by atoms with E-state index >= 15 is 0 Å². The third-order valence-corrected chi connectivity index (χ3v) is 7.48. The van der Waals surface area contributed by atoms with E-state index in [-0.39, 0.29) is 24.9 Å². The van der Waals surface area contributed by atoms with Gasteiger partial charge < -0.3 is 19.1 Å². The smallest absolute Gasteiger partial charge is 0.358 e. The third-order valence-electron chi connectivity index (χ3n) is 7.48. The van der Waals surface area contributed by atoms with Gasteiger partial charge in [-0.25, -0.2) is 14.2 Å². The van der Waals surface area contributed by atoms with Crippen LogP contribution in [0.3, 0.4) is 0 Å². The van der Waals surface area contributed by atoms with Gasteiger partial charge in [-0.05, 0) is 31.5 Å². The van der Waals surface area contributed by atoms with Gasteiger partial charge >= 0.3 is 5.97 Å². The molecule has 1 atom stereocenters. The summed E-state index contributed by atoms with van der Waals surface area (Å²) in [6.45, 7) is 7.09. The Bertz CT molecular complexity index is 1620. The van der Waals surface area contributed by atoms with Gasteiger partial charge in [0.25, 0.3) is 0 Å². The summed E-state index contributed by atoms with van der Waals surface area (Å²) in [7, 11) is 0. The van der Waals surface area contributed by atoms with Crippen molar-refractivity contribution in [1.82, 2.24) is 29.0 Å². The van der Waals surface area contributed by atoms with Crippen molar-refractivity contribution in [2.24, 2.45) is 0 Å². The van der Waals surface area contributed by atoms with Gasteiger partial charge in [0.1, 0.15) is 24.1 Å². The number of piperazine rings is 1. The number of halogens is 1. The van der Waals surface area contributed by atoms with E-state index in [1.807, 2.05) is 22.8 Å². The first-order valence-corrected chi connectivity index (χ1v) is 14.0. The predicted octanol–water partition coefficient (Wildman–Crippen LogP) is 2.80. The molecule has 2 fully saturated rings. The molecular formula is C29H31FN8O4. The summed E-state index contributed by atoms with van der Waals surface area (Å²) in [5.41, 5.74) is 0.933. The van der Waals surface area contributed by atoms with Crippen LogP contribution in [-0.4, -0.2) is 80.5 Å². The van der Waals surface area contributed by atoms with Gasteiger partial charge in [-0.2, -0.15) is 14.8 Å². The summed E-state index contributed by atoms with van der Waals surface area (Å²) in [5, 5.41) is 13.7. The first kappa shape index (κ1) is 27.6. The van der Waals surface area contributed by atoms with Gasteiger partial charge in [0.05, 0.1) is 43.6 Å². The molecule has 42 heavy (non-hydrogen) atoms. The molecule has 2 aliphatic rings. The highest BCUT2D eigenvalue weighted by Crippen LogP contribution is 2.22. The SMILES string of the molecule is CCOC(=O)c1cnc2n(CC3CCO3)c(CN3CCN(c4cccc(OCc5ccc(C#N)cc5F)n4)CC3)nn12. The van der Waals surface area contributed by atoms with Crippen molar-refractivity contribution in [3.63, 3.8) is 0 Å². The topological polar surface area (TPSA) is 123 Å². The van der Waals surface area contributed by atoms with Crippen molar-refractivity contribution >= 4 is 17.6 Å². The minimum absolute atomic E-state index is 0.0155. The average molecular weight is 575 g/mol. The first-order chi connectivity index (χ1) is 20.5. The molecule has 1 unspecified atom stereocenters. The zero-order valence-corrected chi connectivity index (χ0v) is 23.3. The molecule has 218 valence electrons. The summed E-state index contributed by atoms with van der Waals surface area (Å²) < 4.78 is 34.5. The maximum atomic E-state index is 14.2. The molecule has 1 aromatic carbocycles. The molecule has 13 heteroatoms. The Balaban J connectivity index is 1.10. The number of carbonyl (C=O) groups excluding carboxylic acids is 1. The van der Waals surface area contributed by atoms with Crippen LogP contribution in [0.2, 0.25) is 0 Å². The van der Waals surface area contributed by atoms with Gasteiger partial charge in [0.2, 0.25) is 11.7 Å². The second-order valence-electron chi connectivity index (χ2n) is 10.2. The summed E-state index contributed by atoms with van der Waals surface area (Å²) in [6, 6.07) is 11.8. The molecule has 0 radical (unpaired) electrons. The normalized spacial score (nSPS) is 17.2. The number of nitrogens with zero attached hydrogens (tertiary/aromatic N) is 8. The van der Waals surface area contributed by atoms with Crippen molar-refractivity contribution < 1.29 is 23.4 Å². The summed E-state index contributed by atoms with van der Waals surface area (Å²) in [4.78, 5) is 26.1. The van der Waals surface area contributed by atoms with E-state index in [9.17, 15) is 9.18 Å². The molecule has 6 rings (SSSR count). The number of carbonyl (C=O) groups is 1. The number of anilines is 1. The number of benzene rings is 1. The lowest BCUT2D eigenvalue weighted by atomic mass is 10.1. The van der Waals surface area contributed by atoms with E-state index in [0.29, 0.717) is 36.0 Å². The lowest BCUT2D eigenvalue weighted by Gasteiger charge is -2.35. The van der Waals surface area contributed by atoms with E-state index in [4.69, 9.17) is 24.6 Å². The molecule has 2 aliphatic heterocycles. The van der Waals surface area contributed by atoms with Crippen molar-refractivity contribution in [2.45, 2.75) is 39.1 Å². The van der Waals surface area contributed by atoms with E-state index in [1.54, 1.807) is 29.6 Å². The van der Waals surface area contributed by atoms with Crippen LogP contribution in [0.5, 0.6) is 5.88 Å². The highest BCUT2D eigenvalue weighted by atomic mass is 19.1. The molecule has 0 spiro atoms. The number of hydrogen-bond acceptors (Lipinski definition) is 10. The minimum Gasteiger partial charge on any atom is -0.473 e. The molecule has 5 heterocycles. The Kier molecular flexibility index (Phi) is 7.98. The van der Waals surface area contributed by atoms with E-state index in [2.05, 4.69) is 19.8 Å². The van der Waals surface area contributed by atoms with Gasteiger partial charge in [-0.15, -0.1) is 5.10 Å². The average Bonchev–Trinajstić information content (AvgIpc) is 3.54. The van der Waals surface area contributed by atoms with Gasteiger partial charge in [0.15, 0.2) is 5.69 Å². The lowest BCUT2D eigenvalue weighted by molar-refractivity contribution is -0.0593. The highest BCUT2D eigenvalue weighted by Gasteiger charge is 2.27. The molecule has 0 saturated carbocycles. The standard InChI is InChI=1S/C29H31FN8O4/c1-2-40-28(39)24-16-32-29-37(17-22-8-13-41-22)26(34-38(24)29)18-35-9-11-36(12-10-35)25-4-3-5-27(33-25)42-19-21-7-6-20(15-31)14-23(21)30/h3-7,14,16,22H,2,8-13,17-19H2,1H3. The van der Waals surface area contributed by atoms with Crippen molar-refractivity contribution in [3.8, 4) is 11.9 Å². The Hall–Kier alpha value is -4.54. The van der Waals surface area contributed by atoms with Crippen LogP contribution < -0.4 is 9.64 Å². The molecule has 12 nitrogen and oxygen atoms in total. The number of nitriles is 1. The van der Waals surface area contributed by atoms with Gasteiger partial charge in [0, 0.05) is 44.4 Å². The minimum atomic E-state index is -0.479. The fourth-order valence-electron chi connectivity index (χ4n) is 5.06. The lowest BCUT2D eigenvalue weighted by Crippen LogP contribution is -2.46. The van der Waals surface area contributed by atoms with Crippen LogP contribution >= 0.6 is 0 Å². The number of esters is 1. The zero-order chi connectivity index (χ0) is 29.1. The van der Waals surface area contributed by atoms with Crippen LogP contribution in [0.1, 0.15) is 40.8 Å². The number of rotatable bonds is 10. The largest absolute Gasteiger partial charge is 0.473 e. The molecule has 2 saturated heterocycles. The van der Waals surface area contributed by atoms with Crippen LogP contribution in [0.4, 0.5) is 10.2 Å². The Morgan fingerprint density at radius 1 is 1.21 bits per heavy atom. The van der Waals surface area contributed by atoms with Gasteiger partial charge in [-0.3, -0.25) is 9.47 Å². The van der Waals surface area contributed by atoms with Gasteiger partial charge in [-0.1, -0.05) is 12.1 Å². The third kappa shape index (κ3) is 5.77. The van der Waals surface area contributed by atoms with Crippen molar-refractivity contribution in [1.29, 1.82) is 5.26 Å². The molecule has 0 amide bonds. The summed E-state index contributed by atoms with van der Waals surface area (Å²) >= 11 is 0. The van der Waals surface area contributed by atoms with Crippen molar-refractivity contribution in [2.75, 3.05) is 44.3 Å². The second-order valence-corrected chi connectivity index (χ2v) is 10.2. The quantitative estimate of drug-likeness (QED) is 0.261. The van der Waals surface area contributed by atoms with Crippen LogP contribution in [-0.2, 0) is 29.2 Å². The number of aromatic nitrogens is 5. The predicted molar refractivity (Wildman–Crippen MR) is 148 cm³/mol. The maximum absolute atomic E-state index is 14.2. The second kappa shape index (κ2) is 12.1. The molecule has 0 N–H and O–H groups in total. The first-order valence-electron chi connectivity index (χ1n) is 14.0. The summed E-state index contributed by atoms with van der Waals surface area (Å²) in [6.07, 6.45) is 2.59. The molecule has 3 aromatic heterocycles. The summed E-state index contributed by atoms with van der Waals surface area (Å²) in [5.74, 6) is 1.68. The molecule has 0 bridgehead atoms. The van der Waals surface area contributed by atoms with E-state index in [0.717, 1.165) is 50.8 Å². The monoisotopic (exact) mass is 574 g/mol. The van der Waals surface area contributed by atoms with Crippen molar-refractivity contribution in [3.05, 3.63) is 71.1 Å². The fraction of sp³-hybridized carbons (Fsp3) is 0.414. The Labute approximate surface area is 241 Å². The van der Waals surface area contributed by atoms with Crippen LogP contribution in [0.15, 0.2) is 42.6 Å². The fourth-order valence-corrected chi connectivity index (χ4v) is 5.06. The number of pyridine rings is 1. The molecule has 4 aromatic rings. The Morgan fingerprint density at radius 3 is 2.76 bits per heavy atom. The Morgan fingerprint density at radius 2 is 2.05 bits per heavy atom. The molecule has 0 aliphatic carbocycles. The van der Waals surface area contributed by atoms with E-state index in [1.165, 1.54) is 12.3 Å². The van der Waals surface area contributed by atoms with Crippen LogP contribution in [0.25, 0.3) is 5.78 Å². The molecular weight excluding hydrogens is 543 g/mol. The number of ether oxygens (including phenoxy) is 3. The zero-order valence-electron chi connectivity index (χ0n) is 23.3. The van der Waals surface area contributed by atoms with E-state index < -0.39 is 11.8 Å².